The standard InChI is InChI=1S/C34H37N3O8/c1-21(19-38)37-30-33(42)36(23-12-14-24(43-2)15-13-23)18-8-4-7-11-27(39)44-20-25(22-9-5-3-6-10-22)35-31(40)28-26-16-17-34(30,45-26)29(28)32(37)41/h3-6,8-10,12-17,21,25-26,28-30,38H,7,11,18-20H2,1-2H3,(H,35,40)/b8-4-/t21-,25-,26-,28+,29+,30-,34+/m1/s1. The summed E-state index contributed by atoms with van der Waals surface area (Å²) in [6.45, 7) is 1.34. The van der Waals surface area contributed by atoms with Gasteiger partial charge >= 0.3 is 5.97 Å². The Kier molecular flexibility index (Phi) is 8.48. The van der Waals surface area contributed by atoms with Gasteiger partial charge in [-0.2, -0.15) is 0 Å². The van der Waals surface area contributed by atoms with E-state index in [0.29, 0.717) is 17.9 Å². The number of anilines is 1. The minimum atomic E-state index is -1.42. The quantitative estimate of drug-likeness (QED) is 0.387. The molecule has 236 valence electrons. The maximum atomic E-state index is 14.7. The second-order valence-corrected chi connectivity index (χ2v) is 11.8. The Labute approximate surface area is 261 Å². The highest BCUT2D eigenvalue weighted by Gasteiger charge is 2.73. The number of rotatable bonds is 5. The first-order valence-corrected chi connectivity index (χ1v) is 15.2. The summed E-state index contributed by atoms with van der Waals surface area (Å²) in [5, 5.41) is 13.2. The molecule has 11 nitrogen and oxygen atoms in total. The molecule has 0 aromatic heterocycles. The molecule has 3 amide bonds. The number of esters is 1. The highest BCUT2D eigenvalue weighted by atomic mass is 16.5. The number of aliphatic hydroxyl groups excluding tert-OH is 1. The maximum Gasteiger partial charge on any atom is 0.306 e. The topological polar surface area (TPSA) is 135 Å². The Morgan fingerprint density at radius 2 is 1.80 bits per heavy atom. The van der Waals surface area contributed by atoms with Crippen LogP contribution in [-0.4, -0.2) is 84.4 Å². The van der Waals surface area contributed by atoms with Gasteiger partial charge in [-0.3, -0.25) is 19.2 Å². The molecule has 4 aliphatic heterocycles. The molecule has 4 heterocycles. The highest BCUT2D eigenvalue weighted by molar-refractivity contribution is 6.05. The molecular weight excluding hydrogens is 578 g/mol. The number of methoxy groups -OCH3 is 1. The van der Waals surface area contributed by atoms with Crippen LogP contribution in [-0.2, 0) is 28.7 Å². The number of aliphatic hydroxyl groups is 1. The smallest absolute Gasteiger partial charge is 0.306 e. The van der Waals surface area contributed by atoms with Gasteiger partial charge < -0.3 is 34.4 Å². The molecule has 1 spiro atoms. The van der Waals surface area contributed by atoms with E-state index in [-0.39, 0.29) is 26.2 Å². The molecule has 4 aliphatic rings. The first-order valence-electron chi connectivity index (χ1n) is 15.2. The second kappa shape index (κ2) is 12.5. The van der Waals surface area contributed by atoms with Gasteiger partial charge in [0.05, 0.1) is 43.7 Å². The van der Waals surface area contributed by atoms with Crippen LogP contribution in [0.5, 0.6) is 5.75 Å². The van der Waals surface area contributed by atoms with E-state index in [0.717, 1.165) is 5.56 Å². The van der Waals surface area contributed by atoms with E-state index in [9.17, 15) is 24.3 Å². The Morgan fingerprint density at radius 1 is 1.04 bits per heavy atom. The zero-order valence-corrected chi connectivity index (χ0v) is 25.2. The summed E-state index contributed by atoms with van der Waals surface area (Å²) >= 11 is 0. The van der Waals surface area contributed by atoms with E-state index >= 15 is 0 Å². The van der Waals surface area contributed by atoms with E-state index in [1.165, 1.54) is 4.90 Å². The van der Waals surface area contributed by atoms with Crippen LogP contribution in [0.15, 0.2) is 78.9 Å². The van der Waals surface area contributed by atoms with E-state index in [4.69, 9.17) is 14.2 Å². The van der Waals surface area contributed by atoms with Crippen LogP contribution in [0.4, 0.5) is 5.69 Å². The average molecular weight is 616 g/mol. The van der Waals surface area contributed by atoms with Crippen molar-refractivity contribution in [3.8, 4) is 5.75 Å². The van der Waals surface area contributed by atoms with Gasteiger partial charge in [0.25, 0.3) is 5.91 Å². The number of ether oxygens (including phenoxy) is 3. The molecule has 0 unspecified atom stereocenters. The minimum absolute atomic E-state index is 0.0871. The minimum Gasteiger partial charge on any atom is -0.497 e. The predicted molar refractivity (Wildman–Crippen MR) is 163 cm³/mol. The molecule has 5 bridgehead atoms. The summed E-state index contributed by atoms with van der Waals surface area (Å²) in [5.74, 6) is -3.06. The van der Waals surface area contributed by atoms with Crippen LogP contribution in [0.1, 0.15) is 31.4 Å². The lowest BCUT2D eigenvalue weighted by atomic mass is 9.74. The average Bonchev–Trinajstić information content (AvgIpc) is 3.71. The molecule has 2 N–H and O–H groups in total. The molecule has 2 aromatic carbocycles. The largest absolute Gasteiger partial charge is 0.497 e. The number of nitrogens with one attached hydrogen (secondary N) is 1. The Bertz CT molecular complexity index is 1510. The molecular formula is C34H37N3O8. The van der Waals surface area contributed by atoms with Gasteiger partial charge in [0.1, 0.15) is 24.0 Å². The number of cyclic esters (lactones) is 1. The fourth-order valence-corrected chi connectivity index (χ4v) is 6.90. The van der Waals surface area contributed by atoms with E-state index in [1.54, 1.807) is 61.4 Å². The van der Waals surface area contributed by atoms with Gasteiger partial charge in [0.2, 0.25) is 11.8 Å². The summed E-state index contributed by atoms with van der Waals surface area (Å²) in [7, 11) is 1.55. The first-order chi connectivity index (χ1) is 21.8. The molecule has 45 heavy (non-hydrogen) atoms. The van der Waals surface area contributed by atoms with Crippen LogP contribution in [0.25, 0.3) is 0 Å². The first kappa shape index (κ1) is 30.5. The molecule has 0 saturated carbocycles. The Balaban J connectivity index is 1.43. The summed E-state index contributed by atoms with van der Waals surface area (Å²) in [4.78, 5) is 58.7. The van der Waals surface area contributed by atoms with Gasteiger partial charge in [0.15, 0.2) is 0 Å². The van der Waals surface area contributed by atoms with Gasteiger partial charge in [-0.1, -0.05) is 54.6 Å². The lowest BCUT2D eigenvalue weighted by Gasteiger charge is -2.37. The fourth-order valence-electron chi connectivity index (χ4n) is 6.90. The number of amides is 3. The molecule has 0 radical (unpaired) electrons. The number of allylic oxidation sites excluding steroid dienone is 1. The van der Waals surface area contributed by atoms with E-state index < -0.39 is 65.4 Å². The summed E-state index contributed by atoms with van der Waals surface area (Å²) in [6.07, 6.45) is 6.84. The summed E-state index contributed by atoms with van der Waals surface area (Å²) < 4.78 is 17.4. The van der Waals surface area contributed by atoms with Crippen molar-refractivity contribution in [2.45, 2.75) is 49.6 Å². The van der Waals surface area contributed by atoms with Crippen molar-refractivity contribution in [3.05, 3.63) is 84.5 Å². The zero-order valence-electron chi connectivity index (χ0n) is 25.2. The van der Waals surface area contributed by atoms with Crippen LogP contribution < -0.4 is 15.0 Å². The van der Waals surface area contributed by atoms with Crippen molar-refractivity contribution in [2.75, 3.05) is 31.8 Å². The number of hydrogen-bond donors (Lipinski definition) is 2. The third-order valence-electron chi connectivity index (χ3n) is 9.14. The van der Waals surface area contributed by atoms with Crippen LogP contribution in [0.3, 0.4) is 0 Å². The summed E-state index contributed by atoms with van der Waals surface area (Å²) in [5.41, 5.74) is -0.119. The van der Waals surface area contributed by atoms with Gasteiger partial charge in [0, 0.05) is 18.7 Å². The van der Waals surface area contributed by atoms with E-state index in [1.807, 2.05) is 36.4 Å². The zero-order chi connectivity index (χ0) is 31.7. The van der Waals surface area contributed by atoms with Crippen molar-refractivity contribution in [1.82, 2.24) is 10.2 Å². The number of carbonyl (C=O) groups is 4. The molecule has 7 atom stereocenters. The molecule has 2 aromatic rings. The lowest BCUT2D eigenvalue weighted by molar-refractivity contribution is -0.146. The number of fused-ring (bicyclic) bond motifs is 2. The normalized spacial score (nSPS) is 31.4. The van der Waals surface area contributed by atoms with E-state index in [2.05, 4.69) is 5.32 Å². The predicted octanol–water partition coefficient (Wildman–Crippen LogP) is 2.31. The van der Waals surface area contributed by atoms with Crippen molar-refractivity contribution in [3.63, 3.8) is 0 Å². The van der Waals surface area contributed by atoms with Crippen LogP contribution >= 0.6 is 0 Å². The number of nitrogens with zero attached hydrogens (tertiary/aromatic N) is 2. The molecule has 11 heteroatoms. The van der Waals surface area contributed by atoms with Gasteiger partial charge in [-0.15, -0.1) is 0 Å². The second-order valence-electron chi connectivity index (χ2n) is 11.8. The number of carbonyl (C=O) groups excluding carboxylic acids is 4. The third kappa shape index (κ3) is 5.40. The maximum absolute atomic E-state index is 14.7. The molecule has 0 aliphatic carbocycles. The number of hydrogen-bond acceptors (Lipinski definition) is 8. The Hall–Kier alpha value is -4.48. The van der Waals surface area contributed by atoms with Gasteiger partial charge in [-0.25, -0.2) is 0 Å². The Morgan fingerprint density at radius 3 is 2.51 bits per heavy atom. The van der Waals surface area contributed by atoms with Crippen molar-refractivity contribution < 1.29 is 38.5 Å². The van der Waals surface area contributed by atoms with Crippen molar-refractivity contribution >= 4 is 29.4 Å². The van der Waals surface area contributed by atoms with Crippen LogP contribution in [0.2, 0.25) is 0 Å². The van der Waals surface area contributed by atoms with Crippen molar-refractivity contribution in [2.24, 2.45) is 11.8 Å². The number of likely N-dealkylation sites (tertiary alicyclic amines) is 1. The van der Waals surface area contributed by atoms with Crippen LogP contribution in [0, 0.1) is 11.8 Å². The molecule has 2 saturated heterocycles. The van der Waals surface area contributed by atoms with Gasteiger partial charge in [-0.05, 0) is 43.2 Å². The van der Waals surface area contributed by atoms with Crippen molar-refractivity contribution in [1.29, 1.82) is 0 Å². The lowest BCUT2D eigenvalue weighted by Crippen LogP contribution is -2.58. The molecule has 2 fully saturated rings. The monoisotopic (exact) mass is 615 g/mol. The number of benzene rings is 2. The summed E-state index contributed by atoms with van der Waals surface area (Å²) in [6, 6.07) is 13.6. The molecule has 6 rings (SSSR count). The highest BCUT2D eigenvalue weighted by Crippen LogP contribution is 2.56. The SMILES string of the molecule is COc1ccc(N2C/C=C\CCC(=O)OC[C@H](c3ccccc3)NC(=O)[C@@H]3[C@H]4C(=O)N([C@H](C)CO)[C@H](C2=O)[C@]42C=C[C@H]3O2)cc1. The third-order valence-corrected chi connectivity index (χ3v) is 9.14. The fraction of sp³-hybridized carbons (Fsp3) is 0.412.